The lowest BCUT2D eigenvalue weighted by Crippen LogP contribution is -2.38. The average molecular weight is 327 g/mol. The predicted octanol–water partition coefficient (Wildman–Crippen LogP) is 2.84. The van der Waals surface area contributed by atoms with Crippen LogP contribution in [-0.2, 0) is 15.5 Å². The summed E-state index contributed by atoms with van der Waals surface area (Å²) >= 11 is 0. The zero-order chi connectivity index (χ0) is 15.6. The van der Waals surface area contributed by atoms with Crippen molar-refractivity contribution in [2.75, 3.05) is 38.6 Å². The maximum atomic E-state index is 13.1. The summed E-state index contributed by atoms with van der Waals surface area (Å²) in [5.74, 6) is 0.716. The molecule has 1 aliphatic heterocycles. The van der Waals surface area contributed by atoms with Crippen LogP contribution in [0.15, 0.2) is 48.5 Å². The molecule has 0 radical (unpaired) electrons. The summed E-state index contributed by atoms with van der Waals surface area (Å²) in [5.41, 5.74) is 4.92. The van der Waals surface area contributed by atoms with Gasteiger partial charge in [0.05, 0.1) is 18.5 Å². The highest BCUT2D eigenvalue weighted by Gasteiger charge is 2.32. The Bertz CT molecular complexity index is 679. The van der Waals surface area contributed by atoms with E-state index in [0.29, 0.717) is 5.75 Å². The van der Waals surface area contributed by atoms with Crippen LogP contribution in [0.2, 0.25) is 0 Å². The Morgan fingerprint density at radius 2 is 1.52 bits per heavy atom. The largest absolute Gasteiger partial charge is 0.379 e. The number of ether oxygens (including phenoxy) is 1. The normalized spacial score (nSPS) is 19.3. The van der Waals surface area contributed by atoms with E-state index in [4.69, 9.17) is 4.74 Å². The SMILES string of the molecule is O=S(CCN1CCOCC1)C1c2ccccc2-c2ccccc21. The minimum atomic E-state index is -0.902. The van der Waals surface area contributed by atoms with E-state index in [1.165, 1.54) is 22.3 Å². The second-order valence-corrected chi connectivity index (χ2v) is 7.73. The lowest BCUT2D eigenvalue weighted by molar-refractivity contribution is 0.0409. The molecule has 23 heavy (non-hydrogen) atoms. The molecule has 1 heterocycles. The Hall–Kier alpha value is -1.49. The molecule has 4 heteroatoms. The van der Waals surface area contributed by atoms with E-state index in [9.17, 15) is 4.21 Å². The van der Waals surface area contributed by atoms with Gasteiger partial charge in [0, 0.05) is 36.2 Å². The fourth-order valence-electron chi connectivity index (χ4n) is 3.55. The highest BCUT2D eigenvalue weighted by molar-refractivity contribution is 7.85. The molecule has 1 atom stereocenters. The number of hydrogen-bond donors (Lipinski definition) is 0. The van der Waals surface area contributed by atoms with E-state index in [0.717, 1.165) is 32.8 Å². The highest BCUT2D eigenvalue weighted by atomic mass is 32.2. The number of fused-ring (bicyclic) bond motifs is 3. The Labute approximate surface area is 139 Å². The van der Waals surface area contributed by atoms with Crippen LogP contribution < -0.4 is 0 Å². The highest BCUT2D eigenvalue weighted by Crippen LogP contribution is 2.46. The first kappa shape index (κ1) is 15.1. The molecule has 1 aliphatic carbocycles. The van der Waals surface area contributed by atoms with E-state index in [1.807, 2.05) is 0 Å². The molecule has 0 N–H and O–H groups in total. The lowest BCUT2D eigenvalue weighted by Gasteiger charge is -2.26. The van der Waals surface area contributed by atoms with Gasteiger partial charge in [0.1, 0.15) is 0 Å². The van der Waals surface area contributed by atoms with Crippen molar-refractivity contribution in [1.82, 2.24) is 4.90 Å². The van der Waals surface area contributed by atoms with Crippen LogP contribution >= 0.6 is 0 Å². The molecule has 3 nitrogen and oxygen atoms in total. The van der Waals surface area contributed by atoms with E-state index in [1.54, 1.807) is 0 Å². The monoisotopic (exact) mass is 327 g/mol. The van der Waals surface area contributed by atoms with Crippen molar-refractivity contribution in [2.45, 2.75) is 5.25 Å². The molecule has 0 saturated carbocycles. The maximum absolute atomic E-state index is 13.1. The lowest BCUT2D eigenvalue weighted by atomic mass is 10.1. The zero-order valence-corrected chi connectivity index (χ0v) is 13.9. The summed E-state index contributed by atoms with van der Waals surface area (Å²) in [6, 6.07) is 16.8. The summed E-state index contributed by atoms with van der Waals surface area (Å²) in [7, 11) is -0.902. The summed E-state index contributed by atoms with van der Waals surface area (Å²) in [6.45, 7) is 4.38. The van der Waals surface area contributed by atoms with Crippen LogP contribution in [0.3, 0.4) is 0 Å². The first-order valence-electron chi connectivity index (χ1n) is 8.20. The van der Waals surface area contributed by atoms with Crippen molar-refractivity contribution in [3.8, 4) is 11.1 Å². The molecule has 1 fully saturated rings. The molecule has 0 amide bonds. The summed E-state index contributed by atoms with van der Waals surface area (Å²) < 4.78 is 18.4. The minimum absolute atomic E-state index is 0.0171. The minimum Gasteiger partial charge on any atom is -0.379 e. The maximum Gasteiger partial charge on any atom is 0.0859 e. The van der Waals surface area contributed by atoms with E-state index >= 15 is 0 Å². The first-order chi connectivity index (χ1) is 11.3. The van der Waals surface area contributed by atoms with Gasteiger partial charge in [-0.25, -0.2) is 0 Å². The van der Waals surface area contributed by atoms with Crippen molar-refractivity contribution >= 4 is 10.8 Å². The average Bonchev–Trinajstić information content (AvgIpc) is 2.95. The van der Waals surface area contributed by atoms with Gasteiger partial charge in [-0.1, -0.05) is 48.5 Å². The Balaban J connectivity index is 1.57. The molecule has 120 valence electrons. The van der Waals surface area contributed by atoms with Gasteiger partial charge in [-0.05, 0) is 22.3 Å². The molecule has 0 spiro atoms. The number of hydrogen-bond acceptors (Lipinski definition) is 3. The van der Waals surface area contributed by atoms with E-state index in [-0.39, 0.29) is 5.25 Å². The third kappa shape index (κ3) is 2.87. The number of rotatable bonds is 4. The van der Waals surface area contributed by atoms with Crippen LogP contribution in [0, 0.1) is 0 Å². The van der Waals surface area contributed by atoms with Gasteiger partial charge in [-0.15, -0.1) is 0 Å². The number of morpholine rings is 1. The Kier molecular flexibility index (Phi) is 4.29. The van der Waals surface area contributed by atoms with Gasteiger partial charge in [0.25, 0.3) is 0 Å². The van der Waals surface area contributed by atoms with Gasteiger partial charge in [0.2, 0.25) is 0 Å². The van der Waals surface area contributed by atoms with Crippen LogP contribution in [-0.4, -0.2) is 47.7 Å². The molecular weight excluding hydrogens is 306 g/mol. The van der Waals surface area contributed by atoms with Crippen LogP contribution in [0.25, 0.3) is 11.1 Å². The van der Waals surface area contributed by atoms with Gasteiger partial charge in [-0.2, -0.15) is 0 Å². The molecule has 1 saturated heterocycles. The standard InChI is InChI=1S/C19H21NO2S/c21-23(14-11-20-9-12-22-13-10-20)19-17-7-3-1-5-15(17)16-6-2-4-8-18(16)19/h1-8,19H,9-14H2. The van der Waals surface area contributed by atoms with E-state index in [2.05, 4.69) is 53.4 Å². The molecule has 0 bridgehead atoms. The molecule has 2 aliphatic rings. The Morgan fingerprint density at radius 3 is 2.13 bits per heavy atom. The van der Waals surface area contributed by atoms with Crippen molar-refractivity contribution < 1.29 is 8.95 Å². The first-order valence-corrected chi connectivity index (χ1v) is 9.58. The van der Waals surface area contributed by atoms with Crippen LogP contribution in [0.1, 0.15) is 16.4 Å². The Morgan fingerprint density at radius 1 is 0.957 bits per heavy atom. The topological polar surface area (TPSA) is 29.5 Å². The third-order valence-corrected chi connectivity index (χ3v) is 6.37. The molecule has 1 unspecified atom stereocenters. The molecule has 2 aromatic carbocycles. The molecular formula is C19H21NO2S. The second kappa shape index (κ2) is 6.56. The number of benzene rings is 2. The van der Waals surface area contributed by atoms with Gasteiger partial charge in [-0.3, -0.25) is 9.11 Å². The fourth-order valence-corrected chi connectivity index (χ4v) is 5.21. The van der Waals surface area contributed by atoms with Crippen molar-refractivity contribution in [3.63, 3.8) is 0 Å². The molecule has 4 rings (SSSR count). The van der Waals surface area contributed by atoms with Crippen molar-refractivity contribution in [2.24, 2.45) is 0 Å². The fraction of sp³-hybridized carbons (Fsp3) is 0.368. The van der Waals surface area contributed by atoms with Gasteiger partial charge < -0.3 is 4.74 Å². The van der Waals surface area contributed by atoms with Crippen molar-refractivity contribution in [3.05, 3.63) is 59.7 Å². The predicted molar refractivity (Wildman–Crippen MR) is 94.0 cm³/mol. The van der Waals surface area contributed by atoms with E-state index < -0.39 is 10.8 Å². The third-order valence-electron chi connectivity index (χ3n) is 4.75. The molecule has 2 aromatic rings. The van der Waals surface area contributed by atoms with Crippen molar-refractivity contribution in [1.29, 1.82) is 0 Å². The summed E-state index contributed by atoms with van der Waals surface area (Å²) in [6.07, 6.45) is 0. The number of nitrogens with zero attached hydrogens (tertiary/aromatic N) is 1. The van der Waals surface area contributed by atoms with Gasteiger partial charge >= 0.3 is 0 Å². The molecule has 0 aromatic heterocycles. The summed E-state index contributed by atoms with van der Waals surface area (Å²) in [5, 5.41) is 0.0171. The van der Waals surface area contributed by atoms with Crippen LogP contribution in [0.5, 0.6) is 0 Å². The quantitative estimate of drug-likeness (QED) is 0.865. The smallest absolute Gasteiger partial charge is 0.0859 e. The summed E-state index contributed by atoms with van der Waals surface area (Å²) in [4.78, 5) is 2.36. The zero-order valence-electron chi connectivity index (χ0n) is 13.1. The second-order valence-electron chi connectivity index (χ2n) is 6.09. The van der Waals surface area contributed by atoms with Crippen LogP contribution in [0.4, 0.5) is 0 Å². The van der Waals surface area contributed by atoms with Gasteiger partial charge in [0.15, 0.2) is 0 Å².